The average Bonchev–Trinajstić information content (AvgIpc) is 3.29. The largest absolute Gasteiger partial charge is 0.310 e. The second-order valence-electron chi connectivity index (χ2n) is 15.8. The first-order valence-corrected chi connectivity index (χ1v) is 20.8. The first-order chi connectivity index (χ1) is 29.0. The highest BCUT2D eigenvalue weighted by atomic mass is 15.2. The molecule has 0 saturated heterocycles. The maximum Gasteiger partial charge on any atom is 0.0620 e. The topological polar surface area (TPSA) is 9.72 Å². The van der Waals surface area contributed by atoms with Crippen LogP contribution in [0.1, 0.15) is 50.7 Å². The molecule has 9 aromatic rings. The van der Waals surface area contributed by atoms with Crippen LogP contribution in [0.4, 0.5) is 51.2 Å². The van der Waals surface area contributed by atoms with Crippen molar-refractivity contribution in [1.29, 1.82) is 0 Å². The third-order valence-corrected chi connectivity index (χ3v) is 11.3. The zero-order chi connectivity index (χ0) is 40.3. The van der Waals surface area contributed by atoms with E-state index in [2.05, 4.69) is 255 Å². The van der Waals surface area contributed by atoms with Crippen LogP contribution in [0.5, 0.6) is 0 Å². The highest BCUT2D eigenvalue weighted by Crippen LogP contribution is 2.52. The lowest BCUT2D eigenvalue weighted by Gasteiger charge is -2.34. The molecule has 0 amide bonds. The number of hydrogen-bond donors (Lipinski definition) is 0. The molecule has 288 valence electrons. The quantitative estimate of drug-likeness (QED) is 0.0959. The van der Waals surface area contributed by atoms with Gasteiger partial charge in [-0.3, -0.25) is 0 Å². The van der Waals surface area contributed by atoms with Gasteiger partial charge >= 0.3 is 0 Å². The fourth-order valence-electron chi connectivity index (χ4n) is 8.33. The maximum atomic E-state index is 2.46. The second kappa shape index (κ2) is 16.4. The molecule has 0 bridgehead atoms. The summed E-state index contributed by atoms with van der Waals surface area (Å²) in [4.78, 5) is 7.28. The van der Waals surface area contributed by atoms with Crippen LogP contribution in [0.2, 0.25) is 0 Å². The molecular weight excluding hydrogens is 715 g/mol. The highest BCUT2D eigenvalue weighted by molar-refractivity contribution is 6.24. The van der Waals surface area contributed by atoms with Gasteiger partial charge in [0.25, 0.3) is 0 Å². The van der Waals surface area contributed by atoms with Gasteiger partial charge in [-0.25, -0.2) is 0 Å². The fourth-order valence-corrected chi connectivity index (χ4v) is 8.33. The lowest BCUT2D eigenvalue weighted by molar-refractivity contribution is 0.866. The molecule has 0 N–H and O–H groups in total. The summed E-state index contributed by atoms with van der Waals surface area (Å²) in [7, 11) is 0. The SMILES string of the molecule is CC(C)c1ccc(N(c2ccccc2)c2c3ccccc3c(N(c3ccccc3)c3ccc(C(C)C)cc3)c3cc(N(c4ccccc4)c4ccccc4)ccc23)cc1. The number of anilines is 9. The number of benzene rings is 9. The molecule has 0 atom stereocenters. The van der Waals surface area contributed by atoms with Crippen LogP contribution < -0.4 is 14.7 Å². The monoisotopic (exact) mass is 763 g/mol. The molecule has 0 aromatic heterocycles. The normalized spacial score (nSPS) is 11.4. The molecule has 9 rings (SSSR count). The van der Waals surface area contributed by atoms with Gasteiger partial charge < -0.3 is 14.7 Å². The van der Waals surface area contributed by atoms with Gasteiger partial charge in [0.1, 0.15) is 0 Å². The predicted octanol–water partition coefficient (Wildman–Crippen LogP) is 16.6. The van der Waals surface area contributed by atoms with Crippen molar-refractivity contribution in [3.8, 4) is 0 Å². The van der Waals surface area contributed by atoms with E-state index in [9.17, 15) is 0 Å². The molecule has 0 aliphatic heterocycles. The van der Waals surface area contributed by atoms with Crippen molar-refractivity contribution in [2.75, 3.05) is 14.7 Å². The van der Waals surface area contributed by atoms with Crippen molar-refractivity contribution in [1.82, 2.24) is 0 Å². The van der Waals surface area contributed by atoms with E-state index < -0.39 is 0 Å². The van der Waals surface area contributed by atoms with Crippen LogP contribution >= 0.6 is 0 Å². The first-order valence-electron chi connectivity index (χ1n) is 20.8. The Morgan fingerprint density at radius 1 is 0.254 bits per heavy atom. The lowest BCUT2D eigenvalue weighted by Crippen LogP contribution is -2.15. The van der Waals surface area contributed by atoms with E-state index in [-0.39, 0.29) is 0 Å². The Morgan fingerprint density at radius 2 is 0.542 bits per heavy atom. The molecule has 0 heterocycles. The van der Waals surface area contributed by atoms with Crippen LogP contribution in [-0.2, 0) is 0 Å². The van der Waals surface area contributed by atoms with Crippen LogP contribution in [0.25, 0.3) is 21.5 Å². The molecule has 0 spiro atoms. The van der Waals surface area contributed by atoms with Crippen molar-refractivity contribution in [2.45, 2.75) is 39.5 Å². The fraction of sp³-hybridized carbons (Fsp3) is 0.107. The van der Waals surface area contributed by atoms with Gasteiger partial charge in [0.15, 0.2) is 0 Å². The molecule has 9 aromatic carbocycles. The van der Waals surface area contributed by atoms with Crippen LogP contribution in [0.15, 0.2) is 212 Å². The minimum Gasteiger partial charge on any atom is -0.310 e. The van der Waals surface area contributed by atoms with Crippen molar-refractivity contribution < 1.29 is 0 Å². The number of nitrogens with zero attached hydrogens (tertiary/aromatic N) is 3. The lowest BCUT2D eigenvalue weighted by atomic mass is 9.94. The summed E-state index contributed by atoms with van der Waals surface area (Å²) in [5, 5.41) is 4.63. The minimum atomic E-state index is 0.429. The predicted molar refractivity (Wildman–Crippen MR) is 254 cm³/mol. The third kappa shape index (κ3) is 7.33. The molecule has 0 unspecified atom stereocenters. The average molecular weight is 764 g/mol. The van der Waals surface area contributed by atoms with Crippen LogP contribution in [0, 0.1) is 0 Å². The van der Waals surface area contributed by atoms with Gasteiger partial charge in [-0.1, -0.05) is 155 Å². The summed E-state index contributed by atoms with van der Waals surface area (Å²) in [6.45, 7) is 9.02. The van der Waals surface area contributed by atoms with E-state index in [1.165, 1.54) is 16.5 Å². The van der Waals surface area contributed by atoms with E-state index in [0.717, 1.165) is 67.3 Å². The molecule has 3 nitrogen and oxygen atoms in total. The van der Waals surface area contributed by atoms with Gasteiger partial charge in [0.05, 0.1) is 11.4 Å². The Kier molecular flexibility index (Phi) is 10.4. The maximum absolute atomic E-state index is 2.46. The number of hydrogen-bond acceptors (Lipinski definition) is 3. The molecule has 0 fully saturated rings. The summed E-state index contributed by atoms with van der Waals surface area (Å²) < 4.78 is 0. The smallest absolute Gasteiger partial charge is 0.0620 e. The summed E-state index contributed by atoms with van der Waals surface area (Å²) in [6.07, 6.45) is 0. The zero-order valence-electron chi connectivity index (χ0n) is 34.2. The Bertz CT molecular complexity index is 2760. The van der Waals surface area contributed by atoms with Gasteiger partial charge in [-0.2, -0.15) is 0 Å². The Balaban J connectivity index is 1.42. The molecule has 0 saturated carbocycles. The number of fused-ring (bicyclic) bond motifs is 2. The van der Waals surface area contributed by atoms with Crippen molar-refractivity contribution in [3.05, 3.63) is 223 Å². The molecule has 0 aliphatic carbocycles. The van der Waals surface area contributed by atoms with Gasteiger partial charge in [-0.05, 0) is 108 Å². The van der Waals surface area contributed by atoms with Gasteiger partial charge in [-0.15, -0.1) is 0 Å². The van der Waals surface area contributed by atoms with Gasteiger partial charge in [0, 0.05) is 61.4 Å². The molecular formula is C56H49N3. The minimum absolute atomic E-state index is 0.429. The van der Waals surface area contributed by atoms with Crippen LogP contribution in [0.3, 0.4) is 0 Å². The standard InChI is InChI=1S/C56H49N3/c1-40(2)42-29-33-48(34-30-42)58(46-23-13-7-14-24-46)55-51-27-17-18-28-52(51)56(59(47-25-15-8-16-26-47)49-35-31-43(32-36-49)41(3)4)54-39-50(37-38-53(54)55)57(44-19-9-5-10-20-44)45-21-11-6-12-22-45/h5-41H,1-4H3. The van der Waals surface area contributed by atoms with E-state index in [1.807, 2.05) is 0 Å². The summed E-state index contributed by atoms with van der Waals surface area (Å²) >= 11 is 0. The molecule has 3 heteroatoms. The number of rotatable bonds is 11. The van der Waals surface area contributed by atoms with E-state index >= 15 is 0 Å². The van der Waals surface area contributed by atoms with E-state index in [1.54, 1.807) is 0 Å². The van der Waals surface area contributed by atoms with Crippen molar-refractivity contribution >= 4 is 72.7 Å². The van der Waals surface area contributed by atoms with Crippen molar-refractivity contribution in [3.63, 3.8) is 0 Å². The summed E-state index contributed by atoms with van der Waals surface area (Å²) in [5.41, 5.74) is 12.6. The first kappa shape index (κ1) is 37.5. The van der Waals surface area contributed by atoms with E-state index in [4.69, 9.17) is 0 Å². The summed E-state index contributed by atoms with van der Waals surface area (Å²) in [5.74, 6) is 0.864. The number of para-hydroxylation sites is 4. The highest BCUT2D eigenvalue weighted by Gasteiger charge is 2.27. The van der Waals surface area contributed by atoms with Crippen LogP contribution in [-0.4, -0.2) is 0 Å². The Labute approximate surface area is 349 Å². The second-order valence-corrected chi connectivity index (χ2v) is 15.8. The summed E-state index contributed by atoms with van der Waals surface area (Å²) in [6, 6.07) is 77.3. The molecule has 0 aliphatic rings. The Morgan fingerprint density at radius 3 is 0.915 bits per heavy atom. The molecule has 59 heavy (non-hydrogen) atoms. The van der Waals surface area contributed by atoms with E-state index in [0.29, 0.717) is 11.8 Å². The van der Waals surface area contributed by atoms with Crippen molar-refractivity contribution in [2.24, 2.45) is 0 Å². The van der Waals surface area contributed by atoms with Gasteiger partial charge in [0.2, 0.25) is 0 Å². The third-order valence-electron chi connectivity index (χ3n) is 11.3. The molecule has 0 radical (unpaired) electrons. The Hall–Kier alpha value is -7.10. The zero-order valence-corrected chi connectivity index (χ0v) is 34.2.